The molecule has 21 heavy (non-hydrogen) atoms. The Kier molecular flexibility index (Phi) is 5.90. The van der Waals surface area contributed by atoms with Gasteiger partial charge < -0.3 is 9.57 Å². The van der Waals surface area contributed by atoms with Gasteiger partial charge in [-0.2, -0.15) is 0 Å². The van der Waals surface area contributed by atoms with Crippen molar-refractivity contribution in [2.24, 2.45) is 5.16 Å². The second-order valence-corrected chi connectivity index (χ2v) is 6.47. The summed E-state index contributed by atoms with van der Waals surface area (Å²) in [4.78, 5) is 16.5. The number of rotatable bonds is 6. The summed E-state index contributed by atoms with van der Waals surface area (Å²) in [7, 11) is -0.655. The number of methoxy groups -OCH3 is 1. The second kappa shape index (κ2) is 7.21. The molecule has 0 N–H and O–H groups in total. The molecule has 0 aliphatic carbocycles. The molecule has 0 saturated heterocycles. The molecule has 0 bridgehead atoms. The van der Waals surface area contributed by atoms with E-state index in [1.807, 2.05) is 0 Å². The van der Waals surface area contributed by atoms with E-state index in [1.165, 1.54) is 26.4 Å². The van der Waals surface area contributed by atoms with Crippen LogP contribution in [0.5, 0.6) is 0 Å². The maximum Gasteiger partial charge on any atom is 0.338 e. The van der Waals surface area contributed by atoms with E-state index in [2.05, 4.69) is 9.99 Å². The Balaban J connectivity index is 3.32. The predicted molar refractivity (Wildman–Crippen MR) is 79.5 cm³/mol. The third-order valence-electron chi connectivity index (χ3n) is 3.06. The van der Waals surface area contributed by atoms with Crippen LogP contribution in [0.15, 0.2) is 22.2 Å². The Labute approximate surface area is 124 Å². The van der Waals surface area contributed by atoms with Crippen LogP contribution in [-0.4, -0.2) is 41.1 Å². The van der Waals surface area contributed by atoms with E-state index in [-0.39, 0.29) is 4.90 Å². The molecule has 1 rings (SSSR count). The van der Waals surface area contributed by atoms with Crippen LogP contribution < -0.4 is 0 Å². The summed E-state index contributed by atoms with van der Waals surface area (Å²) in [6.45, 7) is 1.71. The van der Waals surface area contributed by atoms with Gasteiger partial charge in [-0.15, -0.1) is 0 Å². The van der Waals surface area contributed by atoms with E-state index in [1.54, 1.807) is 13.1 Å². The van der Waals surface area contributed by atoms with Crippen molar-refractivity contribution in [3.63, 3.8) is 0 Å². The van der Waals surface area contributed by atoms with Crippen LogP contribution in [0.1, 0.15) is 27.9 Å². The van der Waals surface area contributed by atoms with Crippen molar-refractivity contribution in [3.8, 4) is 0 Å². The maximum atomic E-state index is 11.9. The van der Waals surface area contributed by atoms with Crippen molar-refractivity contribution in [3.05, 3.63) is 28.8 Å². The quantitative estimate of drug-likeness (QED) is 0.454. The Bertz CT molecular complexity index is 650. The highest BCUT2D eigenvalue weighted by molar-refractivity contribution is 7.90. The number of sulfone groups is 1. The predicted octanol–water partition coefficient (Wildman–Crippen LogP) is 1.75. The number of ether oxygens (including phenoxy) is 1. The first-order valence-electron chi connectivity index (χ1n) is 6.28. The van der Waals surface area contributed by atoms with Crippen LogP contribution in [-0.2, 0) is 25.8 Å². The largest absolute Gasteiger partial charge is 0.465 e. The summed E-state index contributed by atoms with van der Waals surface area (Å²) < 4.78 is 28.4. The SMILES string of the molecule is CON=CCCc1c(S(C)(=O)=O)ccc(C(=O)OC)c1C. The highest BCUT2D eigenvalue weighted by Gasteiger charge is 2.20. The average molecular weight is 313 g/mol. The van der Waals surface area contributed by atoms with Gasteiger partial charge in [0.2, 0.25) is 0 Å². The molecule has 1 aromatic carbocycles. The number of hydrogen-bond acceptors (Lipinski definition) is 6. The molecule has 116 valence electrons. The van der Waals surface area contributed by atoms with Gasteiger partial charge in [-0.25, -0.2) is 13.2 Å². The molecule has 0 heterocycles. The minimum Gasteiger partial charge on any atom is -0.465 e. The van der Waals surface area contributed by atoms with E-state index in [9.17, 15) is 13.2 Å². The third kappa shape index (κ3) is 4.29. The van der Waals surface area contributed by atoms with Crippen molar-refractivity contribution in [2.45, 2.75) is 24.7 Å². The monoisotopic (exact) mass is 313 g/mol. The maximum absolute atomic E-state index is 11.9. The fourth-order valence-electron chi connectivity index (χ4n) is 2.06. The zero-order valence-corrected chi connectivity index (χ0v) is 13.4. The van der Waals surface area contributed by atoms with Gasteiger partial charge >= 0.3 is 5.97 Å². The lowest BCUT2D eigenvalue weighted by Crippen LogP contribution is -2.11. The Morgan fingerprint density at radius 2 is 2.00 bits per heavy atom. The van der Waals surface area contributed by atoms with Gasteiger partial charge in [0, 0.05) is 12.5 Å². The fraction of sp³-hybridized carbons (Fsp3) is 0.429. The zero-order valence-electron chi connectivity index (χ0n) is 12.5. The molecule has 0 atom stereocenters. The van der Waals surface area contributed by atoms with E-state index in [4.69, 9.17) is 4.74 Å². The van der Waals surface area contributed by atoms with Gasteiger partial charge in [0.15, 0.2) is 9.84 Å². The molecule has 0 unspecified atom stereocenters. The fourth-order valence-corrected chi connectivity index (χ4v) is 3.08. The molecule has 7 heteroatoms. The normalized spacial score (nSPS) is 11.6. The van der Waals surface area contributed by atoms with Gasteiger partial charge in [-0.1, -0.05) is 5.16 Å². The van der Waals surface area contributed by atoms with Crippen LogP contribution in [0, 0.1) is 6.92 Å². The molecule has 0 spiro atoms. The van der Waals surface area contributed by atoms with Gasteiger partial charge in [0.25, 0.3) is 0 Å². The summed E-state index contributed by atoms with van der Waals surface area (Å²) in [5, 5.41) is 3.62. The van der Waals surface area contributed by atoms with Gasteiger partial charge in [-0.3, -0.25) is 0 Å². The number of benzene rings is 1. The van der Waals surface area contributed by atoms with E-state index >= 15 is 0 Å². The first-order chi connectivity index (χ1) is 9.82. The third-order valence-corrected chi connectivity index (χ3v) is 4.25. The van der Waals surface area contributed by atoms with Crippen molar-refractivity contribution in [1.29, 1.82) is 0 Å². The molecular weight excluding hydrogens is 294 g/mol. The number of oxime groups is 1. The minimum atomic E-state index is -3.38. The molecule has 0 aliphatic heterocycles. The standard InChI is InChI=1S/C14H19NO5S/c1-10-11(6-5-9-15-20-3)13(21(4,17)18)8-7-12(10)14(16)19-2/h7-9H,5-6H2,1-4H3. The van der Waals surface area contributed by atoms with Crippen LogP contribution in [0.4, 0.5) is 0 Å². The lowest BCUT2D eigenvalue weighted by Gasteiger charge is -2.13. The summed E-state index contributed by atoms with van der Waals surface area (Å²) in [5.74, 6) is -0.487. The summed E-state index contributed by atoms with van der Waals surface area (Å²) >= 11 is 0. The van der Waals surface area contributed by atoms with Crippen molar-refractivity contribution in [2.75, 3.05) is 20.5 Å². The summed E-state index contributed by atoms with van der Waals surface area (Å²) in [6, 6.07) is 2.92. The first kappa shape index (κ1) is 17.2. The number of nitrogens with zero attached hydrogens (tertiary/aromatic N) is 1. The van der Waals surface area contributed by atoms with Gasteiger partial charge in [0.05, 0.1) is 17.6 Å². The first-order valence-corrected chi connectivity index (χ1v) is 8.18. The van der Waals surface area contributed by atoms with E-state index in [0.29, 0.717) is 29.5 Å². The van der Waals surface area contributed by atoms with Crippen molar-refractivity contribution >= 4 is 22.0 Å². The molecular formula is C14H19NO5S. The van der Waals surface area contributed by atoms with Gasteiger partial charge in [-0.05, 0) is 43.0 Å². The Morgan fingerprint density at radius 1 is 1.33 bits per heavy atom. The molecule has 0 aliphatic rings. The zero-order chi connectivity index (χ0) is 16.0. The highest BCUT2D eigenvalue weighted by Crippen LogP contribution is 2.24. The lowest BCUT2D eigenvalue weighted by molar-refractivity contribution is 0.0599. The van der Waals surface area contributed by atoms with Crippen LogP contribution in [0.25, 0.3) is 0 Å². The van der Waals surface area contributed by atoms with Crippen LogP contribution in [0.3, 0.4) is 0 Å². The van der Waals surface area contributed by atoms with Crippen molar-refractivity contribution < 1.29 is 22.8 Å². The van der Waals surface area contributed by atoms with Gasteiger partial charge in [0.1, 0.15) is 7.11 Å². The molecule has 0 aromatic heterocycles. The Morgan fingerprint density at radius 3 is 2.52 bits per heavy atom. The highest BCUT2D eigenvalue weighted by atomic mass is 32.2. The molecule has 0 radical (unpaired) electrons. The van der Waals surface area contributed by atoms with Crippen LogP contribution >= 0.6 is 0 Å². The number of carbonyl (C=O) groups is 1. The lowest BCUT2D eigenvalue weighted by atomic mass is 9.99. The smallest absolute Gasteiger partial charge is 0.338 e. The topological polar surface area (TPSA) is 82.0 Å². The molecule has 0 fully saturated rings. The van der Waals surface area contributed by atoms with E-state index < -0.39 is 15.8 Å². The number of esters is 1. The molecule has 1 aromatic rings. The second-order valence-electron chi connectivity index (χ2n) is 4.49. The van der Waals surface area contributed by atoms with E-state index in [0.717, 1.165) is 6.26 Å². The molecule has 0 saturated carbocycles. The average Bonchev–Trinajstić information content (AvgIpc) is 2.42. The van der Waals surface area contributed by atoms with Crippen molar-refractivity contribution in [1.82, 2.24) is 0 Å². The Hall–Kier alpha value is -1.89. The number of carbonyl (C=O) groups excluding carboxylic acids is 1. The number of hydrogen-bond donors (Lipinski definition) is 0. The minimum absolute atomic E-state index is 0.221. The molecule has 6 nitrogen and oxygen atoms in total. The summed E-state index contributed by atoms with van der Waals surface area (Å²) in [5.41, 5.74) is 1.57. The van der Waals surface area contributed by atoms with Crippen LogP contribution in [0.2, 0.25) is 0 Å². The summed E-state index contributed by atoms with van der Waals surface area (Å²) in [6.07, 6.45) is 3.64. The molecule has 0 amide bonds.